The predicted octanol–water partition coefficient (Wildman–Crippen LogP) is 0.384. The van der Waals surface area contributed by atoms with Crippen molar-refractivity contribution in [3.05, 3.63) is 46.2 Å². The van der Waals surface area contributed by atoms with Crippen molar-refractivity contribution in [2.75, 3.05) is 17.7 Å². The SMILES string of the molecule is CN(Cc1ccccc1)c1nnc(N)c(=O)[nH]1. The minimum Gasteiger partial charge on any atom is -0.378 e. The first-order chi connectivity index (χ1) is 8.16. The smallest absolute Gasteiger partial charge is 0.295 e. The molecule has 1 aromatic heterocycles. The Morgan fingerprint density at radius 2 is 2.00 bits per heavy atom. The summed E-state index contributed by atoms with van der Waals surface area (Å²) in [6, 6.07) is 9.87. The molecule has 0 aliphatic heterocycles. The molecule has 1 aromatic carbocycles. The van der Waals surface area contributed by atoms with Gasteiger partial charge in [0.05, 0.1) is 0 Å². The van der Waals surface area contributed by atoms with Gasteiger partial charge in [0.1, 0.15) is 0 Å². The van der Waals surface area contributed by atoms with E-state index in [9.17, 15) is 4.79 Å². The van der Waals surface area contributed by atoms with Crippen LogP contribution < -0.4 is 16.2 Å². The molecule has 6 nitrogen and oxygen atoms in total. The van der Waals surface area contributed by atoms with E-state index >= 15 is 0 Å². The second-order valence-corrected chi connectivity index (χ2v) is 3.70. The topological polar surface area (TPSA) is 87.9 Å². The Kier molecular flexibility index (Phi) is 3.04. The van der Waals surface area contributed by atoms with Gasteiger partial charge < -0.3 is 10.6 Å². The van der Waals surface area contributed by atoms with Crippen molar-refractivity contribution in [3.63, 3.8) is 0 Å². The zero-order valence-corrected chi connectivity index (χ0v) is 9.42. The fourth-order valence-corrected chi connectivity index (χ4v) is 1.44. The zero-order chi connectivity index (χ0) is 12.3. The van der Waals surface area contributed by atoms with Crippen LogP contribution in [0.5, 0.6) is 0 Å². The van der Waals surface area contributed by atoms with Gasteiger partial charge in [-0.05, 0) is 5.56 Å². The number of nitrogens with one attached hydrogen (secondary N) is 1. The monoisotopic (exact) mass is 231 g/mol. The Morgan fingerprint density at radius 1 is 1.29 bits per heavy atom. The number of H-pyrrole nitrogens is 1. The Hall–Kier alpha value is -2.37. The second-order valence-electron chi connectivity index (χ2n) is 3.70. The largest absolute Gasteiger partial charge is 0.378 e. The lowest BCUT2D eigenvalue weighted by Crippen LogP contribution is -2.25. The first-order valence-corrected chi connectivity index (χ1v) is 5.14. The Morgan fingerprint density at radius 3 is 2.65 bits per heavy atom. The van der Waals surface area contributed by atoms with E-state index in [1.165, 1.54) is 0 Å². The molecule has 6 heteroatoms. The van der Waals surface area contributed by atoms with Crippen LogP contribution in [0.25, 0.3) is 0 Å². The molecule has 17 heavy (non-hydrogen) atoms. The van der Waals surface area contributed by atoms with E-state index < -0.39 is 5.56 Å². The fourth-order valence-electron chi connectivity index (χ4n) is 1.44. The highest BCUT2D eigenvalue weighted by atomic mass is 16.1. The number of hydrogen-bond acceptors (Lipinski definition) is 5. The highest BCUT2D eigenvalue weighted by Crippen LogP contribution is 2.07. The van der Waals surface area contributed by atoms with Gasteiger partial charge in [0.15, 0.2) is 0 Å². The van der Waals surface area contributed by atoms with Crippen LogP contribution in [-0.2, 0) is 6.54 Å². The molecule has 2 aromatic rings. The third kappa shape index (κ3) is 2.60. The highest BCUT2D eigenvalue weighted by Gasteiger charge is 2.06. The zero-order valence-electron chi connectivity index (χ0n) is 9.42. The molecule has 0 radical (unpaired) electrons. The van der Waals surface area contributed by atoms with E-state index in [1.807, 2.05) is 37.4 Å². The maximum atomic E-state index is 11.3. The van der Waals surface area contributed by atoms with Gasteiger partial charge in [0.25, 0.3) is 5.56 Å². The van der Waals surface area contributed by atoms with Crippen LogP contribution in [0.3, 0.4) is 0 Å². The summed E-state index contributed by atoms with van der Waals surface area (Å²) < 4.78 is 0. The summed E-state index contributed by atoms with van der Waals surface area (Å²) in [5.41, 5.74) is 6.00. The molecule has 0 spiro atoms. The average molecular weight is 231 g/mol. The van der Waals surface area contributed by atoms with Gasteiger partial charge in [-0.15, -0.1) is 10.2 Å². The first kappa shape index (κ1) is 11.1. The molecule has 0 bridgehead atoms. The van der Waals surface area contributed by atoms with Crippen molar-refractivity contribution < 1.29 is 0 Å². The maximum absolute atomic E-state index is 11.3. The van der Waals surface area contributed by atoms with Crippen LogP contribution >= 0.6 is 0 Å². The van der Waals surface area contributed by atoms with Crippen molar-refractivity contribution in [1.29, 1.82) is 0 Å². The Balaban J connectivity index is 2.17. The molecule has 0 saturated carbocycles. The van der Waals surface area contributed by atoms with Gasteiger partial charge >= 0.3 is 0 Å². The lowest BCUT2D eigenvalue weighted by molar-refractivity contribution is 0.824. The molecule has 3 N–H and O–H groups in total. The fraction of sp³-hybridized carbons (Fsp3) is 0.182. The number of aromatic amines is 1. The van der Waals surface area contributed by atoms with Gasteiger partial charge in [0, 0.05) is 13.6 Å². The third-order valence-corrected chi connectivity index (χ3v) is 2.33. The molecule has 0 saturated heterocycles. The number of rotatable bonds is 3. The van der Waals surface area contributed by atoms with Crippen molar-refractivity contribution in [2.45, 2.75) is 6.54 Å². The van der Waals surface area contributed by atoms with E-state index in [4.69, 9.17) is 5.73 Å². The minimum absolute atomic E-state index is 0.123. The summed E-state index contributed by atoms with van der Waals surface area (Å²) in [5, 5.41) is 7.41. The molecular weight excluding hydrogens is 218 g/mol. The van der Waals surface area contributed by atoms with Crippen LogP contribution in [0.15, 0.2) is 35.1 Å². The third-order valence-electron chi connectivity index (χ3n) is 2.33. The van der Waals surface area contributed by atoms with Crippen LogP contribution in [0.4, 0.5) is 11.8 Å². The molecule has 0 fully saturated rings. The summed E-state index contributed by atoms with van der Waals surface area (Å²) >= 11 is 0. The molecule has 0 unspecified atom stereocenters. The molecule has 0 atom stereocenters. The van der Waals surface area contributed by atoms with Gasteiger partial charge in [-0.1, -0.05) is 30.3 Å². The van der Waals surface area contributed by atoms with Crippen molar-refractivity contribution in [2.24, 2.45) is 0 Å². The number of hydrogen-bond donors (Lipinski definition) is 2. The molecule has 0 aliphatic carbocycles. The van der Waals surface area contributed by atoms with Gasteiger partial charge in [-0.3, -0.25) is 9.78 Å². The quantitative estimate of drug-likeness (QED) is 0.797. The summed E-state index contributed by atoms with van der Waals surface area (Å²) in [6.07, 6.45) is 0. The Labute approximate surface area is 98.1 Å². The molecule has 0 aliphatic rings. The van der Waals surface area contributed by atoms with Crippen LogP contribution in [-0.4, -0.2) is 22.2 Å². The number of anilines is 2. The van der Waals surface area contributed by atoms with Crippen LogP contribution in [0, 0.1) is 0 Å². The van der Waals surface area contributed by atoms with Gasteiger partial charge in [0.2, 0.25) is 11.8 Å². The predicted molar refractivity (Wildman–Crippen MR) is 65.6 cm³/mol. The standard InChI is InChI=1S/C11H13N5O/c1-16(7-8-5-3-2-4-6-8)11-13-10(17)9(12)14-15-11/h2-6H,7H2,1H3,(H2,12,14)(H,13,15,17). The van der Waals surface area contributed by atoms with Gasteiger partial charge in [-0.25, -0.2) is 0 Å². The lowest BCUT2D eigenvalue weighted by atomic mass is 10.2. The van der Waals surface area contributed by atoms with Crippen molar-refractivity contribution in [3.8, 4) is 0 Å². The number of aromatic nitrogens is 3. The minimum atomic E-state index is -0.421. The van der Waals surface area contributed by atoms with Crippen molar-refractivity contribution in [1.82, 2.24) is 15.2 Å². The van der Waals surface area contributed by atoms with E-state index in [1.54, 1.807) is 4.90 Å². The van der Waals surface area contributed by atoms with Gasteiger partial charge in [-0.2, -0.15) is 0 Å². The molecule has 2 rings (SSSR count). The van der Waals surface area contributed by atoms with Crippen LogP contribution in [0.1, 0.15) is 5.56 Å². The molecular formula is C11H13N5O. The summed E-state index contributed by atoms with van der Waals surface area (Å²) in [7, 11) is 1.82. The normalized spacial score (nSPS) is 10.2. The van der Waals surface area contributed by atoms with E-state index in [2.05, 4.69) is 15.2 Å². The van der Waals surface area contributed by atoms with E-state index in [0.717, 1.165) is 5.56 Å². The number of nitrogens with two attached hydrogens (primary N) is 1. The van der Waals surface area contributed by atoms with E-state index in [-0.39, 0.29) is 5.82 Å². The number of nitrogens with zero attached hydrogens (tertiary/aromatic N) is 3. The summed E-state index contributed by atoms with van der Waals surface area (Å²) in [6.45, 7) is 0.634. The molecule has 0 amide bonds. The Bertz CT molecular complexity index is 551. The lowest BCUT2D eigenvalue weighted by Gasteiger charge is -2.16. The maximum Gasteiger partial charge on any atom is 0.295 e. The average Bonchev–Trinajstić information content (AvgIpc) is 2.34. The molecule has 88 valence electrons. The van der Waals surface area contributed by atoms with E-state index in [0.29, 0.717) is 12.5 Å². The summed E-state index contributed by atoms with van der Waals surface area (Å²) in [4.78, 5) is 15.6. The number of nitrogen functional groups attached to an aromatic ring is 1. The van der Waals surface area contributed by atoms with Crippen molar-refractivity contribution >= 4 is 11.8 Å². The highest BCUT2D eigenvalue weighted by molar-refractivity contribution is 5.32. The second kappa shape index (κ2) is 4.65. The van der Waals surface area contributed by atoms with Crippen LogP contribution in [0.2, 0.25) is 0 Å². The first-order valence-electron chi connectivity index (χ1n) is 5.14. The number of benzene rings is 1. The summed E-state index contributed by atoms with van der Waals surface area (Å²) in [5.74, 6) is 0.273. The molecule has 1 heterocycles.